The molecule has 1 saturated heterocycles. The molecule has 21 heteroatoms. The Kier molecular flexibility index (Phi) is 16.8. The number of carbonyl (C=O) groups is 1. The van der Waals surface area contributed by atoms with Gasteiger partial charge in [0.15, 0.2) is 11.6 Å². The van der Waals surface area contributed by atoms with Crippen molar-refractivity contribution < 1.29 is 27.1 Å². The fourth-order valence-electron chi connectivity index (χ4n) is 10.4. The first-order chi connectivity index (χ1) is 41.0. The molecule has 0 unspecified atom stereocenters. The van der Waals surface area contributed by atoms with Gasteiger partial charge in [0.05, 0.1) is 49.0 Å². The lowest BCUT2D eigenvalue weighted by Crippen LogP contribution is -2.42. The van der Waals surface area contributed by atoms with Gasteiger partial charge in [0.2, 0.25) is 0 Å². The highest BCUT2D eigenvalue weighted by molar-refractivity contribution is 5.68. The molecule has 17 nitrogen and oxygen atoms in total. The van der Waals surface area contributed by atoms with Crippen molar-refractivity contribution in [3.05, 3.63) is 214 Å². The van der Waals surface area contributed by atoms with E-state index in [1.54, 1.807) is 35.9 Å². The van der Waals surface area contributed by atoms with E-state index in [4.69, 9.17) is 4.74 Å². The van der Waals surface area contributed by atoms with Gasteiger partial charge in [0.25, 0.3) is 11.1 Å². The quantitative estimate of drug-likeness (QED) is 0.106. The molecule has 1 amide bonds. The van der Waals surface area contributed by atoms with E-state index in [0.717, 1.165) is 69.5 Å². The monoisotopic (exact) mass is 1150 g/mol. The lowest BCUT2D eigenvalue weighted by Gasteiger charge is -2.33. The van der Waals surface area contributed by atoms with Crippen molar-refractivity contribution in [2.45, 2.75) is 96.5 Å². The van der Waals surface area contributed by atoms with Crippen LogP contribution in [0.3, 0.4) is 0 Å². The second kappa shape index (κ2) is 25.0. The smallest absolute Gasteiger partial charge is 0.410 e. The fourth-order valence-corrected chi connectivity index (χ4v) is 10.4. The number of halogens is 4. The minimum atomic E-state index is -0.723. The van der Waals surface area contributed by atoms with E-state index in [9.17, 15) is 31.9 Å². The molecular weight excluding hydrogens is 1090 g/mol. The first-order valence-electron chi connectivity index (χ1n) is 28.0. The molecule has 0 atom stereocenters. The van der Waals surface area contributed by atoms with E-state index < -0.39 is 28.9 Å². The molecule has 12 rings (SSSR count). The van der Waals surface area contributed by atoms with Gasteiger partial charge < -0.3 is 9.64 Å². The lowest BCUT2D eigenvalue weighted by atomic mass is 9.96. The number of piperidine rings is 1. The van der Waals surface area contributed by atoms with Crippen LogP contribution in [-0.4, -0.2) is 88.7 Å². The number of rotatable bonds is 12. The number of hydrogen-bond donors (Lipinski definition) is 0. The first kappa shape index (κ1) is 57.0. The maximum Gasteiger partial charge on any atom is 0.410 e. The summed E-state index contributed by atoms with van der Waals surface area (Å²) in [4.78, 5) is 57.5. The molecule has 1 aliphatic heterocycles. The number of carbonyl (C=O) groups excluding carboxylic acids is 1. The van der Waals surface area contributed by atoms with Crippen LogP contribution < -0.4 is 11.1 Å². The average molecular weight is 1150 g/mol. The van der Waals surface area contributed by atoms with E-state index >= 15 is 0 Å². The average Bonchev–Trinajstić information content (AvgIpc) is 4.38. The molecule has 2 fully saturated rings. The summed E-state index contributed by atoms with van der Waals surface area (Å²) < 4.78 is 66.9. The van der Waals surface area contributed by atoms with Crippen molar-refractivity contribution in [2.24, 2.45) is 0 Å². The Balaban J connectivity index is 0.000000179. The van der Waals surface area contributed by atoms with Crippen LogP contribution in [0, 0.1) is 23.3 Å². The molecule has 1 saturated carbocycles. The minimum absolute atomic E-state index is 0.145. The van der Waals surface area contributed by atoms with Gasteiger partial charge in [-0.3, -0.25) is 19.0 Å². The topological polar surface area (TPSA) is 187 Å². The van der Waals surface area contributed by atoms with Crippen LogP contribution in [-0.2, 0) is 17.8 Å². The zero-order valence-electron chi connectivity index (χ0n) is 46.9. The van der Waals surface area contributed by atoms with Gasteiger partial charge in [0, 0.05) is 119 Å². The van der Waals surface area contributed by atoms with Crippen molar-refractivity contribution in [1.29, 1.82) is 0 Å². The molecule has 0 N–H and O–H groups in total. The number of likely N-dealkylation sites (tertiary alicyclic amines) is 1. The Labute approximate surface area is 486 Å². The number of aromatic nitrogens is 12. The van der Waals surface area contributed by atoms with E-state index in [0.29, 0.717) is 36.5 Å². The zero-order chi connectivity index (χ0) is 59.2. The second-order valence-electron chi connectivity index (χ2n) is 22.1. The summed E-state index contributed by atoms with van der Waals surface area (Å²) in [6.45, 7) is 7.12. The minimum Gasteiger partial charge on any atom is -0.444 e. The molecule has 432 valence electrons. The Hall–Kier alpha value is -9.79. The fraction of sp³-hybridized carbons (Fsp3) is 0.266. The third kappa shape index (κ3) is 14.2. The van der Waals surface area contributed by atoms with Gasteiger partial charge in [0.1, 0.15) is 28.9 Å². The molecule has 0 spiro atoms. The van der Waals surface area contributed by atoms with E-state index in [1.807, 2.05) is 86.4 Å². The number of hydrogen-bond acceptors (Lipinski definition) is 12. The Morgan fingerprint density at radius 3 is 1.34 bits per heavy atom. The van der Waals surface area contributed by atoms with E-state index in [2.05, 4.69) is 51.2 Å². The molecule has 0 bridgehead atoms. The van der Waals surface area contributed by atoms with Crippen LogP contribution in [0.15, 0.2) is 168 Å². The predicted molar refractivity (Wildman–Crippen MR) is 311 cm³/mol. The number of nitrogens with zero attached hydrogens (tertiary/aromatic N) is 13. The summed E-state index contributed by atoms with van der Waals surface area (Å²) in [5, 5.41) is 17.8. The molecule has 10 aromatic rings. The van der Waals surface area contributed by atoms with Gasteiger partial charge in [-0.2, -0.15) is 20.4 Å². The molecule has 7 heterocycles. The van der Waals surface area contributed by atoms with Crippen molar-refractivity contribution in [3.63, 3.8) is 0 Å². The largest absolute Gasteiger partial charge is 0.444 e. The van der Waals surface area contributed by atoms with Gasteiger partial charge in [-0.25, -0.2) is 51.7 Å². The molecule has 4 aromatic carbocycles. The third-order valence-electron chi connectivity index (χ3n) is 14.7. The first-order valence-corrected chi connectivity index (χ1v) is 28.0. The van der Waals surface area contributed by atoms with Gasteiger partial charge in [-0.05, 0) is 106 Å². The van der Waals surface area contributed by atoms with Crippen molar-refractivity contribution >= 4 is 6.09 Å². The number of ether oxygens (including phenoxy) is 1. The predicted octanol–water partition coefficient (Wildman–Crippen LogP) is 12.2. The van der Waals surface area contributed by atoms with Crippen LogP contribution in [0.5, 0.6) is 0 Å². The molecule has 85 heavy (non-hydrogen) atoms. The molecule has 6 aromatic heterocycles. The summed E-state index contributed by atoms with van der Waals surface area (Å²) in [5.41, 5.74) is 6.63. The standard InChI is InChI=1S/C34H33F2N7O3.C30H26F2N6O/c1-34(2,3)46-33(45)41-11-9-29(10-12-41)42-21-26(19-39-42)25-17-37-32(38-18-25)23-6-4-5-22(13-23)20-43-31(44)8-7-30(40-43)24-14-27(35)16-28(36)15-24;31-25-12-22(13-26(32)14-25)28-9-10-29(39)38(36-28)18-20-5-4-6-21(11-20)30-33-15-23(16-34-30)24-17-35-37(19-24)27-7-2-1-3-8-27/h4-8,13-19,21,29H,9-12,20H2,1-3H3;4-6,9-17,19,27H,1-3,7-8,18H2. The Morgan fingerprint density at radius 2 is 0.918 bits per heavy atom. The van der Waals surface area contributed by atoms with Crippen LogP contribution in [0.4, 0.5) is 22.4 Å². The van der Waals surface area contributed by atoms with Gasteiger partial charge in [-0.1, -0.05) is 55.7 Å². The van der Waals surface area contributed by atoms with Crippen LogP contribution in [0.1, 0.15) is 88.9 Å². The Bertz CT molecular complexity index is 4090. The highest BCUT2D eigenvalue weighted by Crippen LogP contribution is 2.31. The third-order valence-corrected chi connectivity index (χ3v) is 14.7. The maximum absolute atomic E-state index is 13.8. The number of amides is 1. The normalized spacial score (nSPS) is 14.0. The van der Waals surface area contributed by atoms with Crippen LogP contribution in [0.2, 0.25) is 0 Å². The van der Waals surface area contributed by atoms with E-state index in [1.165, 1.54) is 90.0 Å². The summed E-state index contributed by atoms with van der Waals surface area (Å²) in [7, 11) is 0. The highest BCUT2D eigenvalue weighted by Gasteiger charge is 2.28. The number of benzene rings is 4. The highest BCUT2D eigenvalue weighted by atomic mass is 19.1. The van der Waals surface area contributed by atoms with Crippen molar-refractivity contribution in [1.82, 2.24) is 64.0 Å². The lowest BCUT2D eigenvalue weighted by molar-refractivity contribution is 0.0184. The van der Waals surface area contributed by atoms with Crippen molar-refractivity contribution in [2.75, 3.05) is 13.1 Å². The van der Waals surface area contributed by atoms with Gasteiger partial charge >= 0.3 is 6.09 Å². The molecule has 0 radical (unpaired) electrons. The zero-order valence-corrected chi connectivity index (χ0v) is 46.9. The molecule has 1 aliphatic carbocycles. The Morgan fingerprint density at radius 1 is 0.494 bits per heavy atom. The van der Waals surface area contributed by atoms with Crippen LogP contribution in [0.25, 0.3) is 67.5 Å². The summed E-state index contributed by atoms with van der Waals surface area (Å²) >= 11 is 0. The van der Waals surface area contributed by atoms with E-state index in [-0.39, 0.29) is 53.2 Å². The summed E-state index contributed by atoms with van der Waals surface area (Å²) in [5.74, 6) is -1.79. The van der Waals surface area contributed by atoms with Gasteiger partial charge in [-0.15, -0.1) is 0 Å². The molecular formula is C64H59F4N13O4. The van der Waals surface area contributed by atoms with Crippen LogP contribution >= 0.6 is 0 Å². The summed E-state index contributed by atoms with van der Waals surface area (Å²) in [6.07, 6.45) is 22.2. The second-order valence-corrected chi connectivity index (χ2v) is 22.1. The van der Waals surface area contributed by atoms with Crippen molar-refractivity contribution in [3.8, 4) is 67.5 Å². The molecule has 2 aliphatic rings. The SMILES string of the molecule is CC(C)(C)OC(=O)N1CCC(n2cc(-c3cnc(-c4cccc(Cn5nc(-c6cc(F)cc(F)c6)ccc5=O)c4)nc3)cn2)CC1.O=c1ccc(-c2cc(F)cc(F)c2)nn1Cc1cccc(-c2ncc(-c3cnn(C4CCCCC4)c3)cn2)c1. The maximum atomic E-state index is 13.8. The summed E-state index contributed by atoms with van der Waals surface area (Å²) in [6, 6.07) is 27.5.